The average molecular weight is 269 g/mol. The van der Waals surface area contributed by atoms with Gasteiger partial charge in [0.15, 0.2) is 0 Å². The Balaban J connectivity index is 2.86. The summed E-state index contributed by atoms with van der Waals surface area (Å²) in [5.74, 6) is 0. The molecule has 1 unspecified atom stereocenters. The Morgan fingerprint density at radius 2 is 2.00 bits per heavy atom. The molecular formula is C14H27N3S. The van der Waals surface area contributed by atoms with Crippen molar-refractivity contribution in [3.63, 3.8) is 0 Å². The highest BCUT2D eigenvalue weighted by Crippen LogP contribution is 2.28. The number of hydrogen-bond donors (Lipinski definition) is 1. The Morgan fingerprint density at radius 3 is 2.39 bits per heavy atom. The van der Waals surface area contributed by atoms with E-state index in [1.54, 1.807) is 11.3 Å². The molecule has 1 heterocycles. The molecule has 0 bridgehead atoms. The Labute approximate surface area is 115 Å². The van der Waals surface area contributed by atoms with Crippen molar-refractivity contribution >= 4 is 11.3 Å². The van der Waals surface area contributed by atoms with Gasteiger partial charge in [-0.25, -0.2) is 4.98 Å². The van der Waals surface area contributed by atoms with Crippen LogP contribution in [0.4, 0.5) is 0 Å². The zero-order valence-electron chi connectivity index (χ0n) is 12.6. The summed E-state index contributed by atoms with van der Waals surface area (Å²) >= 11 is 1.79. The second-order valence-corrected chi connectivity index (χ2v) is 7.19. The Kier molecular flexibility index (Phi) is 5.32. The molecule has 1 atom stereocenters. The third-order valence-electron chi connectivity index (χ3n) is 3.47. The number of hydrogen-bond acceptors (Lipinski definition) is 4. The van der Waals surface area contributed by atoms with Crippen molar-refractivity contribution in [1.29, 1.82) is 0 Å². The van der Waals surface area contributed by atoms with E-state index in [2.05, 4.69) is 51.4 Å². The molecule has 104 valence electrons. The molecule has 0 aliphatic heterocycles. The van der Waals surface area contributed by atoms with Crippen molar-refractivity contribution in [2.75, 3.05) is 19.6 Å². The van der Waals surface area contributed by atoms with Crippen LogP contribution in [0.5, 0.6) is 0 Å². The van der Waals surface area contributed by atoms with Gasteiger partial charge in [-0.1, -0.05) is 20.8 Å². The van der Waals surface area contributed by atoms with Gasteiger partial charge in [0, 0.05) is 11.4 Å². The van der Waals surface area contributed by atoms with Crippen LogP contribution in [-0.2, 0) is 0 Å². The Bertz CT molecular complexity index is 384. The number of thiazole rings is 1. The lowest BCUT2D eigenvalue weighted by Crippen LogP contribution is -2.40. The standard InChI is InChI=1S/C14H27N3S/c1-7-17(9-14(5,6)8-15)10(2)13-11(3)18-12(4)16-13/h10H,7-9,15H2,1-6H3. The van der Waals surface area contributed by atoms with Gasteiger partial charge in [0.05, 0.1) is 16.7 Å². The lowest BCUT2D eigenvalue weighted by molar-refractivity contribution is 0.145. The second-order valence-electron chi connectivity index (χ2n) is 5.78. The molecule has 0 spiro atoms. The summed E-state index contributed by atoms with van der Waals surface area (Å²) in [6.07, 6.45) is 0. The Hall–Kier alpha value is -0.450. The van der Waals surface area contributed by atoms with Gasteiger partial charge in [-0.3, -0.25) is 4.90 Å². The molecule has 4 heteroatoms. The van der Waals surface area contributed by atoms with E-state index in [1.807, 2.05) is 0 Å². The second kappa shape index (κ2) is 6.13. The Morgan fingerprint density at radius 1 is 1.39 bits per heavy atom. The van der Waals surface area contributed by atoms with E-state index in [0.29, 0.717) is 12.6 Å². The molecule has 0 aliphatic rings. The van der Waals surface area contributed by atoms with E-state index >= 15 is 0 Å². The van der Waals surface area contributed by atoms with Crippen molar-refractivity contribution < 1.29 is 0 Å². The molecule has 1 rings (SSSR count). The molecule has 0 radical (unpaired) electrons. The van der Waals surface area contributed by atoms with Crippen LogP contribution in [0.2, 0.25) is 0 Å². The predicted octanol–water partition coefficient (Wildman–Crippen LogP) is 3.13. The van der Waals surface area contributed by atoms with Crippen LogP contribution >= 0.6 is 11.3 Å². The van der Waals surface area contributed by atoms with Gasteiger partial charge in [0.1, 0.15) is 0 Å². The van der Waals surface area contributed by atoms with E-state index in [1.165, 1.54) is 10.6 Å². The first-order chi connectivity index (χ1) is 8.30. The average Bonchev–Trinajstić information content (AvgIpc) is 2.64. The zero-order valence-corrected chi connectivity index (χ0v) is 13.4. The van der Waals surface area contributed by atoms with Gasteiger partial charge in [-0.15, -0.1) is 11.3 Å². The highest BCUT2D eigenvalue weighted by molar-refractivity contribution is 7.11. The minimum absolute atomic E-state index is 0.156. The third kappa shape index (κ3) is 3.77. The first-order valence-corrected chi connectivity index (χ1v) is 7.50. The largest absolute Gasteiger partial charge is 0.330 e. The fourth-order valence-electron chi connectivity index (χ4n) is 2.24. The van der Waals surface area contributed by atoms with Gasteiger partial charge in [0.2, 0.25) is 0 Å². The molecule has 0 aliphatic carbocycles. The van der Waals surface area contributed by atoms with Gasteiger partial charge < -0.3 is 5.73 Å². The monoisotopic (exact) mass is 269 g/mol. The first-order valence-electron chi connectivity index (χ1n) is 6.68. The van der Waals surface area contributed by atoms with Crippen molar-refractivity contribution in [2.45, 2.75) is 47.6 Å². The van der Waals surface area contributed by atoms with Crippen LogP contribution in [0.3, 0.4) is 0 Å². The van der Waals surface area contributed by atoms with E-state index in [4.69, 9.17) is 5.73 Å². The summed E-state index contributed by atoms with van der Waals surface area (Å²) in [5.41, 5.74) is 7.23. The highest BCUT2D eigenvalue weighted by atomic mass is 32.1. The molecule has 1 aromatic heterocycles. The summed E-state index contributed by atoms with van der Waals surface area (Å²) in [4.78, 5) is 8.48. The van der Waals surface area contributed by atoms with Crippen LogP contribution < -0.4 is 5.73 Å². The van der Waals surface area contributed by atoms with E-state index < -0.39 is 0 Å². The third-order valence-corrected chi connectivity index (χ3v) is 4.37. The molecular weight excluding hydrogens is 242 g/mol. The summed E-state index contributed by atoms with van der Waals surface area (Å²) in [6.45, 7) is 15.9. The van der Waals surface area contributed by atoms with Crippen molar-refractivity contribution in [1.82, 2.24) is 9.88 Å². The van der Waals surface area contributed by atoms with Crippen LogP contribution in [0.15, 0.2) is 0 Å². The van der Waals surface area contributed by atoms with E-state index in [-0.39, 0.29) is 5.41 Å². The fraction of sp³-hybridized carbons (Fsp3) is 0.786. The van der Waals surface area contributed by atoms with E-state index in [0.717, 1.165) is 18.1 Å². The summed E-state index contributed by atoms with van der Waals surface area (Å²) in [6, 6.07) is 0.366. The maximum atomic E-state index is 5.84. The maximum absolute atomic E-state index is 5.84. The molecule has 0 saturated heterocycles. The van der Waals surface area contributed by atoms with Crippen LogP contribution in [0.1, 0.15) is 49.3 Å². The van der Waals surface area contributed by atoms with Crippen LogP contribution in [0.25, 0.3) is 0 Å². The minimum Gasteiger partial charge on any atom is -0.330 e. The molecule has 1 aromatic rings. The SMILES string of the molecule is CCN(CC(C)(C)CN)C(C)c1nc(C)sc1C. The predicted molar refractivity (Wildman–Crippen MR) is 80.1 cm³/mol. The maximum Gasteiger partial charge on any atom is 0.0900 e. The minimum atomic E-state index is 0.156. The number of nitrogens with zero attached hydrogens (tertiary/aromatic N) is 2. The fourth-order valence-corrected chi connectivity index (χ4v) is 3.15. The number of nitrogens with two attached hydrogens (primary N) is 1. The molecule has 3 nitrogen and oxygen atoms in total. The lowest BCUT2D eigenvalue weighted by atomic mass is 9.92. The molecule has 0 aromatic carbocycles. The summed E-state index contributed by atoms with van der Waals surface area (Å²) < 4.78 is 0. The van der Waals surface area contributed by atoms with Gasteiger partial charge in [-0.05, 0) is 39.3 Å². The van der Waals surface area contributed by atoms with Crippen molar-refractivity contribution in [2.24, 2.45) is 11.1 Å². The van der Waals surface area contributed by atoms with Gasteiger partial charge >= 0.3 is 0 Å². The number of rotatable bonds is 6. The first kappa shape index (κ1) is 15.6. The van der Waals surface area contributed by atoms with E-state index in [9.17, 15) is 0 Å². The summed E-state index contributed by atoms with van der Waals surface area (Å²) in [5, 5.41) is 1.16. The number of aryl methyl sites for hydroxylation is 2. The molecule has 0 amide bonds. The van der Waals surface area contributed by atoms with Crippen LogP contribution in [-0.4, -0.2) is 29.5 Å². The zero-order chi connectivity index (χ0) is 13.9. The van der Waals surface area contributed by atoms with Gasteiger partial charge in [0.25, 0.3) is 0 Å². The number of aromatic nitrogens is 1. The van der Waals surface area contributed by atoms with Gasteiger partial charge in [-0.2, -0.15) is 0 Å². The molecule has 2 N–H and O–H groups in total. The van der Waals surface area contributed by atoms with Crippen LogP contribution in [0, 0.1) is 19.3 Å². The molecule has 18 heavy (non-hydrogen) atoms. The molecule has 0 saturated carbocycles. The topological polar surface area (TPSA) is 42.1 Å². The van der Waals surface area contributed by atoms with Crippen molar-refractivity contribution in [3.05, 3.63) is 15.6 Å². The normalized spacial score (nSPS) is 14.2. The quantitative estimate of drug-likeness (QED) is 0.862. The smallest absolute Gasteiger partial charge is 0.0900 e. The van der Waals surface area contributed by atoms with Crippen molar-refractivity contribution in [3.8, 4) is 0 Å². The highest BCUT2D eigenvalue weighted by Gasteiger charge is 2.25. The lowest BCUT2D eigenvalue weighted by Gasteiger charge is -2.34. The summed E-state index contributed by atoms with van der Waals surface area (Å²) in [7, 11) is 0. The molecule has 0 fully saturated rings.